The number of ketones is 1. The van der Waals surface area contributed by atoms with Crippen LogP contribution in [0, 0.1) is 0 Å². The molecule has 7 heteroatoms. The monoisotopic (exact) mass is 525 g/mol. The number of methoxy groups -OCH3 is 1. The summed E-state index contributed by atoms with van der Waals surface area (Å²) in [6.07, 6.45) is 0.959. The van der Waals surface area contributed by atoms with E-state index in [0.29, 0.717) is 35.4 Å². The fourth-order valence-electron chi connectivity index (χ4n) is 5.31. The van der Waals surface area contributed by atoms with E-state index in [0.717, 1.165) is 22.6 Å². The number of hydrogen-bond donors (Lipinski definition) is 2. The predicted molar refractivity (Wildman–Crippen MR) is 147 cm³/mol. The minimum absolute atomic E-state index is 0.00607. The van der Waals surface area contributed by atoms with Crippen LogP contribution in [0.15, 0.2) is 101 Å². The number of phenolic OH excluding ortho intramolecular Hbond substituents is 1. The van der Waals surface area contributed by atoms with Crippen LogP contribution in [0.1, 0.15) is 42.7 Å². The Morgan fingerprint density at radius 1 is 0.897 bits per heavy atom. The second-order valence-electron chi connectivity index (χ2n) is 9.68. The molecule has 0 spiro atoms. The van der Waals surface area contributed by atoms with Gasteiger partial charge in [-0.15, -0.1) is 0 Å². The van der Waals surface area contributed by atoms with Crippen molar-refractivity contribution in [3.8, 4) is 17.2 Å². The number of phenols is 1. The topological polar surface area (TPSA) is 94.1 Å². The molecule has 2 N–H and O–H groups in total. The molecule has 3 aromatic rings. The molecule has 5 rings (SSSR count). The Hall–Kier alpha value is -4.52. The molecule has 1 heterocycles. The van der Waals surface area contributed by atoms with Gasteiger partial charge in [-0.05, 0) is 66.8 Å². The number of para-hydroxylation sites is 1. The number of carbonyl (C=O) groups is 2. The van der Waals surface area contributed by atoms with Gasteiger partial charge < -0.3 is 24.6 Å². The quantitative estimate of drug-likeness (QED) is 0.301. The fourth-order valence-corrected chi connectivity index (χ4v) is 5.31. The van der Waals surface area contributed by atoms with Crippen LogP contribution in [0.4, 0.5) is 0 Å². The summed E-state index contributed by atoms with van der Waals surface area (Å²) in [7, 11) is 1.62. The van der Waals surface area contributed by atoms with Gasteiger partial charge in [-0.25, -0.2) is 4.79 Å². The highest BCUT2D eigenvalue weighted by Crippen LogP contribution is 2.46. The number of aromatic hydroxyl groups is 1. The zero-order valence-electron chi connectivity index (χ0n) is 22.0. The van der Waals surface area contributed by atoms with Crippen LogP contribution >= 0.6 is 0 Å². The van der Waals surface area contributed by atoms with E-state index in [9.17, 15) is 14.7 Å². The number of benzene rings is 3. The smallest absolute Gasteiger partial charge is 0.336 e. The molecule has 2 atom stereocenters. The van der Waals surface area contributed by atoms with Gasteiger partial charge in [-0.1, -0.05) is 42.5 Å². The number of rotatable bonds is 8. The first-order valence-electron chi connectivity index (χ1n) is 13.0. The highest BCUT2D eigenvalue weighted by molar-refractivity contribution is 6.04. The van der Waals surface area contributed by atoms with E-state index in [2.05, 4.69) is 5.32 Å². The van der Waals surface area contributed by atoms with Gasteiger partial charge in [-0.3, -0.25) is 4.79 Å². The van der Waals surface area contributed by atoms with Crippen molar-refractivity contribution in [1.29, 1.82) is 0 Å². The van der Waals surface area contributed by atoms with Crippen molar-refractivity contribution in [3.63, 3.8) is 0 Å². The maximum absolute atomic E-state index is 13.7. The third-order valence-corrected chi connectivity index (χ3v) is 7.19. The lowest BCUT2D eigenvalue weighted by Gasteiger charge is -2.36. The van der Waals surface area contributed by atoms with Gasteiger partial charge in [-0.2, -0.15) is 0 Å². The third kappa shape index (κ3) is 5.67. The molecule has 0 bridgehead atoms. The van der Waals surface area contributed by atoms with Crippen molar-refractivity contribution in [2.24, 2.45) is 0 Å². The van der Waals surface area contributed by atoms with E-state index >= 15 is 0 Å². The van der Waals surface area contributed by atoms with Crippen molar-refractivity contribution >= 4 is 11.8 Å². The first-order chi connectivity index (χ1) is 18.9. The molecule has 1 aliphatic heterocycles. The Morgan fingerprint density at radius 3 is 2.28 bits per heavy atom. The molecule has 2 aliphatic rings. The lowest BCUT2D eigenvalue weighted by Crippen LogP contribution is -2.36. The summed E-state index contributed by atoms with van der Waals surface area (Å²) in [5, 5.41) is 13.2. The second kappa shape index (κ2) is 11.5. The zero-order chi connectivity index (χ0) is 27.4. The molecule has 39 heavy (non-hydrogen) atoms. The van der Waals surface area contributed by atoms with Gasteiger partial charge in [0.15, 0.2) is 5.78 Å². The SMILES string of the molecule is COc1ccc([C@@H]2CC(=O)C3=C(C2)NC(C)=C(C(=O)OCCOc2ccccc2)[C@@H]3c2ccc(O)cc2)cc1. The van der Waals surface area contributed by atoms with Crippen LogP contribution in [0.2, 0.25) is 0 Å². The molecular formula is C32H31NO6. The number of allylic oxidation sites excluding steroid dienone is 3. The summed E-state index contributed by atoms with van der Waals surface area (Å²) in [4.78, 5) is 27.1. The first kappa shape index (κ1) is 26.1. The van der Waals surface area contributed by atoms with Crippen LogP contribution in [0.25, 0.3) is 0 Å². The van der Waals surface area contributed by atoms with E-state index in [1.165, 1.54) is 0 Å². The number of ether oxygens (including phenoxy) is 3. The summed E-state index contributed by atoms with van der Waals surface area (Å²) in [6, 6.07) is 23.7. The molecule has 0 amide bonds. The van der Waals surface area contributed by atoms with Crippen molar-refractivity contribution in [1.82, 2.24) is 5.32 Å². The Bertz CT molecular complexity index is 1410. The maximum atomic E-state index is 13.7. The molecule has 0 radical (unpaired) electrons. The number of Topliss-reactive ketones (excluding diaryl/α,β-unsaturated/α-hetero) is 1. The highest BCUT2D eigenvalue weighted by Gasteiger charge is 2.41. The molecule has 0 unspecified atom stereocenters. The van der Waals surface area contributed by atoms with Crippen LogP contribution < -0.4 is 14.8 Å². The van der Waals surface area contributed by atoms with Crippen molar-refractivity contribution in [2.75, 3.05) is 20.3 Å². The number of esters is 1. The average molecular weight is 526 g/mol. The number of carbonyl (C=O) groups excluding carboxylic acids is 2. The van der Waals surface area contributed by atoms with E-state index in [1.807, 2.05) is 61.5 Å². The minimum atomic E-state index is -0.603. The average Bonchev–Trinajstić information content (AvgIpc) is 2.95. The second-order valence-corrected chi connectivity index (χ2v) is 9.68. The van der Waals surface area contributed by atoms with E-state index in [1.54, 1.807) is 31.4 Å². The number of dihydropyridines is 1. The van der Waals surface area contributed by atoms with Crippen molar-refractivity contribution in [2.45, 2.75) is 31.6 Å². The van der Waals surface area contributed by atoms with E-state index in [-0.39, 0.29) is 30.7 Å². The summed E-state index contributed by atoms with van der Waals surface area (Å²) < 4.78 is 16.6. The molecule has 3 aromatic carbocycles. The minimum Gasteiger partial charge on any atom is -0.508 e. The lowest BCUT2D eigenvalue weighted by molar-refractivity contribution is -0.140. The Balaban J connectivity index is 1.40. The third-order valence-electron chi connectivity index (χ3n) is 7.19. The number of hydrogen-bond acceptors (Lipinski definition) is 7. The predicted octanol–water partition coefficient (Wildman–Crippen LogP) is 5.38. The normalized spacial score (nSPS) is 18.8. The highest BCUT2D eigenvalue weighted by atomic mass is 16.6. The van der Waals surface area contributed by atoms with Gasteiger partial charge in [0.1, 0.15) is 30.5 Å². The molecule has 0 fully saturated rings. The summed E-state index contributed by atoms with van der Waals surface area (Å²) in [5.41, 5.74) is 4.21. The van der Waals surface area contributed by atoms with E-state index < -0.39 is 11.9 Å². The maximum Gasteiger partial charge on any atom is 0.336 e. The summed E-state index contributed by atoms with van der Waals surface area (Å²) in [6.45, 7) is 2.09. The van der Waals surface area contributed by atoms with Crippen LogP contribution in [0.5, 0.6) is 17.2 Å². The van der Waals surface area contributed by atoms with E-state index in [4.69, 9.17) is 14.2 Å². The van der Waals surface area contributed by atoms with Gasteiger partial charge in [0.25, 0.3) is 0 Å². The van der Waals surface area contributed by atoms with Gasteiger partial charge >= 0.3 is 5.97 Å². The lowest BCUT2D eigenvalue weighted by atomic mass is 9.71. The Kier molecular flexibility index (Phi) is 7.68. The summed E-state index contributed by atoms with van der Waals surface area (Å²) in [5.74, 6) is 0.443. The van der Waals surface area contributed by atoms with Crippen LogP contribution in [0.3, 0.4) is 0 Å². The molecule has 1 aliphatic carbocycles. The molecule has 0 aromatic heterocycles. The van der Waals surface area contributed by atoms with Crippen molar-refractivity contribution < 1.29 is 28.9 Å². The standard InChI is InChI=1S/C32H31NO6/c1-20-29(32(36)39-17-16-38-26-6-4-3-5-7-26)30(22-8-12-24(34)13-9-22)31-27(33-20)18-23(19-28(31)35)21-10-14-25(37-2)15-11-21/h3-15,23,30,33-34H,16-19H2,1-2H3/t23-,30-/m0/s1. The van der Waals surface area contributed by atoms with Crippen LogP contribution in [-0.2, 0) is 14.3 Å². The zero-order valence-corrected chi connectivity index (χ0v) is 22.0. The molecule has 0 saturated heterocycles. The fraction of sp³-hybridized carbons (Fsp3) is 0.250. The molecule has 200 valence electrons. The van der Waals surface area contributed by atoms with Crippen molar-refractivity contribution in [3.05, 3.63) is 113 Å². The van der Waals surface area contributed by atoms with Gasteiger partial charge in [0.05, 0.1) is 12.7 Å². The summed E-state index contributed by atoms with van der Waals surface area (Å²) >= 11 is 0. The van der Waals surface area contributed by atoms with Gasteiger partial charge in [0.2, 0.25) is 0 Å². The van der Waals surface area contributed by atoms with Gasteiger partial charge in [0, 0.05) is 29.3 Å². The Morgan fingerprint density at radius 2 is 1.59 bits per heavy atom. The number of nitrogens with one attached hydrogen (secondary N) is 1. The largest absolute Gasteiger partial charge is 0.508 e. The molecule has 7 nitrogen and oxygen atoms in total. The van der Waals surface area contributed by atoms with Crippen LogP contribution in [-0.4, -0.2) is 37.2 Å². The molecular weight excluding hydrogens is 494 g/mol. The molecule has 0 saturated carbocycles. The Labute approximate surface area is 227 Å². The first-order valence-corrected chi connectivity index (χ1v) is 13.0.